The molecule has 2 atom stereocenters. The summed E-state index contributed by atoms with van der Waals surface area (Å²) in [6.07, 6.45) is 8.36. The maximum atomic E-state index is 13.0. The van der Waals surface area contributed by atoms with Crippen molar-refractivity contribution in [3.05, 3.63) is 58.6 Å². The first-order valence-electron chi connectivity index (χ1n) is 9.57. The lowest BCUT2D eigenvalue weighted by Crippen LogP contribution is -2.45. The van der Waals surface area contributed by atoms with Crippen molar-refractivity contribution in [2.75, 3.05) is 0 Å². The summed E-state index contributed by atoms with van der Waals surface area (Å²) in [7, 11) is 0. The third-order valence-corrected chi connectivity index (χ3v) is 5.61. The number of nitrogens with one attached hydrogen (secondary N) is 1. The molecule has 0 aliphatic heterocycles. The Bertz CT molecular complexity index is 1000. The van der Waals surface area contributed by atoms with Crippen molar-refractivity contribution < 1.29 is 9.90 Å². The SMILES string of the molecule is Cc1ccnc2c(C(=O)N[C@H]3CCCC[C@@H]3O)cn(Cc3ccc(Cl)nc3)c12. The number of fused-ring (bicyclic) bond motifs is 1. The average Bonchev–Trinajstić information content (AvgIpc) is 3.05. The molecule has 0 bridgehead atoms. The smallest absolute Gasteiger partial charge is 0.255 e. The van der Waals surface area contributed by atoms with Crippen molar-refractivity contribution in [3.8, 4) is 0 Å². The molecule has 1 amide bonds. The molecule has 1 aliphatic carbocycles. The van der Waals surface area contributed by atoms with Gasteiger partial charge in [-0.3, -0.25) is 9.78 Å². The Morgan fingerprint density at radius 1 is 1.29 bits per heavy atom. The first-order chi connectivity index (χ1) is 13.5. The second-order valence-corrected chi connectivity index (χ2v) is 7.80. The summed E-state index contributed by atoms with van der Waals surface area (Å²) >= 11 is 5.88. The first-order valence-corrected chi connectivity index (χ1v) is 9.94. The highest BCUT2D eigenvalue weighted by atomic mass is 35.5. The van der Waals surface area contributed by atoms with Gasteiger partial charge in [-0.2, -0.15) is 0 Å². The number of hydrogen-bond donors (Lipinski definition) is 2. The van der Waals surface area contributed by atoms with Crippen LogP contribution in [-0.4, -0.2) is 37.7 Å². The Morgan fingerprint density at radius 3 is 2.86 bits per heavy atom. The quantitative estimate of drug-likeness (QED) is 0.659. The minimum Gasteiger partial charge on any atom is -0.391 e. The van der Waals surface area contributed by atoms with E-state index in [9.17, 15) is 9.90 Å². The lowest BCUT2D eigenvalue weighted by molar-refractivity contribution is 0.0718. The Kier molecular flexibility index (Phi) is 5.33. The number of carbonyl (C=O) groups excluding carboxylic acids is 1. The fourth-order valence-electron chi connectivity index (χ4n) is 3.90. The second-order valence-electron chi connectivity index (χ2n) is 7.42. The van der Waals surface area contributed by atoms with Crippen LogP contribution in [0.25, 0.3) is 11.0 Å². The zero-order valence-electron chi connectivity index (χ0n) is 15.7. The van der Waals surface area contributed by atoms with Gasteiger partial charge in [-0.05, 0) is 43.0 Å². The summed E-state index contributed by atoms with van der Waals surface area (Å²) in [6, 6.07) is 5.41. The van der Waals surface area contributed by atoms with Gasteiger partial charge >= 0.3 is 0 Å². The number of aryl methyl sites for hydroxylation is 1. The summed E-state index contributed by atoms with van der Waals surface area (Å²) in [5, 5.41) is 13.6. The van der Waals surface area contributed by atoms with Crippen LogP contribution in [0.4, 0.5) is 0 Å². The number of halogens is 1. The molecule has 7 heteroatoms. The lowest BCUT2D eigenvalue weighted by atomic mass is 9.92. The van der Waals surface area contributed by atoms with Crippen molar-refractivity contribution in [1.82, 2.24) is 19.9 Å². The summed E-state index contributed by atoms with van der Waals surface area (Å²) in [6.45, 7) is 2.57. The molecule has 28 heavy (non-hydrogen) atoms. The van der Waals surface area contributed by atoms with Crippen LogP contribution in [0.1, 0.15) is 47.2 Å². The van der Waals surface area contributed by atoms with Gasteiger partial charge in [0.05, 0.1) is 23.2 Å². The van der Waals surface area contributed by atoms with E-state index in [1.54, 1.807) is 18.5 Å². The fourth-order valence-corrected chi connectivity index (χ4v) is 4.02. The third-order valence-electron chi connectivity index (χ3n) is 5.39. The van der Waals surface area contributed by atoms with E-state index in [2.05, 4.69) is 15.3 Å². The van der Waals surface area contributed by atoms with E-state index in [-0.39, 0.29) is 11.9 Å². The van der Waals surface area contributed by atoms with Crippen molar-refractivity contribution in [3.63, 3.8) is 0 Å². The number of nitrogens with zero attached hydrogens (tertiary/aromatic N) is 3. The zero-order chi connectivity index (χ0) is 19.7. The van der Waals surface area contributed by atoms with Crippen LogP contribution in [0, 0.1) is 6.92 Å². The summed E-state index contributed by atoms with van der Waals surface area (Å²) in [5.74, 6) is -0.193. The second kappa shape index (κ2) is 7.89. The number of aliphatic hydroxyl groups excluding tert-OH is 1. The molecule has 146 valence electrons. The molecule has 2 N–H and O–H groups in total. The highest BCUT2D eigenvalue weighted by Gasteiger charge is 2.26. The number of rotatable bonds is 4. The molecular formula is C21H23ClN4O2. The maximum Gasteiger partial charge on any atom is 0.255 e. The van der Waals surface area contributed by atoms with Gasteiger partial charge in [0.1, 0.15) is 10.7 Å². The molecule has 6 nitrogen and oxygen atoms in total. The van der Waals surface area contributed by atoms with Crippen molar-refractivity contribution in [1.29, 1.82) is 0 Å². The predicted octanol–water partition coefficient (Wildman–Crippen LogP) is 3.47. The van der Waals surface area contributed by atoms with E-state index in [0.717, 1.165) is 42.3 Å². The molecule has 0 saturated heterocycles. The molecule has 3 heterocycles. The van der Waals surface area contributed by atoms with E-state index >= 15 is 0 Å². The average molecular weight is 399 g/mol. The van der Waals surface area contributed by atoms with Gasteiger partial charge < -0.3 is 15.0 Å². The van der Waals surface area contributed by atoms with Gasteiger partial charge in [0.2, 0.25) is 0 Å². The highest BCUT2D eigenvalue weighted by molar-refractivity contribution is 6.29. The monoisotopic (exact) mass is 398 g/mol. The highest BCUT2D eigenvalue weighted by Crippen LogP contribution is 2.25. The fraction of sp³-hybridized carbons (Fsp3) is 0.381. The van der Waals surface area contributed by atoms with Gasteiger partial charge in [0.25, 0.3) is 5.91 Å². The number of aliphatic hydroxyl groups is 1. The first kappa shape index (κ1) is 18.9. The third kappa shape index (κ3) is 3.75. The molecule has 4 rings (SSSR count). The molecule has 1 fully saturated rings. The van der Waals surface area contributed by atoms with E-state index < -0.39 is 6.10 Å². The molecule has 0 radical (unpaired) electrons. The number of pyridine rings is 2. The zero-order valence-corrected chi connectivity index (χ0v) is 16.5. The summed E-state index contributed by atoms with van der Waals surface area (Å²) < 4.78 is 2.02. The molecule has 3 aromatic heterocycles. The minimum atomic E-state index is -0.485. The lowest BCUT2D eigenvalue weighted by Gasteiger charge is -2.28. The van der Waals surface area contributed by atoms with E-state index in [0.29, 0.717) is 22.8 Å². The molecule has 3 aromatic rings. The van der Waals surface area contributed by atoms with Gasteiger partial charge in [0, 0.05) is 25.1 Å². The van der Waals surface area contributed by atoms with Crippen LogP contribution in [0.15, 0.2) is 36.8 Å². The van der Waals surface area contributed by atoms with Crippen molar-refractivity contribution in [2.24, 2.45) is 0 Å². The molecule has 1 saturated carbocycles. The van der Waals surface area contributed by atoms with Crippen LogP contribution in [0.2, 0.25) is 5.15 Å². The van der Waals surface area contributed by atoms with Crippen LogP contribution >= 0.6 is 11.6 Å². The van der Waals surface area contributed by atoms with Gasteiger partial charge in [0.15, 0.2) is 0 Å². The predicted molar refractivity (Wildman–Crippen MR) is 109 cm³/mol. The normalized spacial score (nSPS) is 19.7. The van der Waals surface area contributed by atoms with Crippen LogP contribution in [-0.2, 0) is 6.54 Å². The van der Waals surface area contributed by atoms with Crippen molar-refractivity contribution >= 4 is 28.5 Å². The number of aromatic nitrogens is 3. The molecule has 0 unspecified atom stereocenters. The number of amides is 1. The molecular weight excluding hydrogens is 376 g/mol. The van der Waals surface area contributed by atoms with Crippen LogP contribution < -0.4 is 5.32 Å². The standard InChI is InChI=1S/C21H23ClN4O2/c1-13-8-9-23-19-15(21(28)25-16-4-2-3-5-17(16)27)12-26(20(13)19)11-14-6-7-18(22)24-10-14/h6-10,12,16-17,27H,2-5,11H2,1H3,(H,25,28)/t16-,17-/m0/s1. The molecule has 0 aromatic carbocycles. The Hall–Kier alpha value is -2.44. The van der Waals surface area contributed by atoms with Crippen molar-refractivity contribution in [2.45, 2.75) is 51.3 Å². The summed E-state index contributed by atoms with van der Waals surface area (Å²) in [5.41, 5.74) is 4.15. The molecule has 0 spiro atoms. The summed E-state index contributed by atoms with van der Waals surface area (Å²) in [4.78, 5) is 21.6. The molecule has 1 aliphatic rings. The minimum absolute atomic E-state index is 0.193. The van der Waals surface area contributed by atoms with E-state index in [1.807, 2.05) is 29.8 Å². The van der Waals surface area contributed by atoms with E-state index in [1.165, 1.54) is 0 Å². The number of hydrogen-bond acceptors (Lipinski definition) is 4. The van der Waals surface area contributed by atoms with Crippen LogP contribution in [0.5, 0.6) is 0 Å². The number of carbonyl (C=O) groups is 1. The van der Waals surface area contributed by atoms with Gasteiger partial charge in [-0.25, -0.2) is 4.98 Å². The Labute approximate surface area is 168 Å². The Balaban J connectivity index is 1.67. The van der Waals surface area contributed by atoms with E-state index in [4.69, 9.17) is 11.6 Å². The topological polar surface area (TPSA) is 80.0 Å². The van der Waals surface area contributed by atoms with Gasteiger partial charge in [-0.15, -0.1) is 0 Å². The van der Waals surface area contributed by atoms with Gasteiger partial charge in [-0.1, -0.05) is 30.5 Å². The largest absolute Gasteiger partial charge is 0.391 e. The Morgan fingerprint density at radius 2 is 2.11 bits per heavy atom. The maximum absolute atomic E-state index is 13.0. The van der Waals surface area contributed by atoms with Crippen LogP contribution in [0.3, 0.4) is 0 Å².